The SMILES string of the molecule is Cc1ccc(C)c(NC(=O)C(C)Sc2nc3c(cc2C#N)CCCCC3)c1. The third-order valence-electron chi connectivity index (χ3n) is 4.94. The summed E-state index contributed by atoms with van der Waals surface area (Å²) in [4.78, 5) is 17.4. The van der Waals surface area contributed by atoms with Crippen molar-refractivity contribution in [2.24, 2.45) is 0 Å². The molecular formula is C22H25N3OS. The average molecular weight is 380 g/mol. The number of benzene rings is 1. The van der Waals surface area contributed by atoms with Gasteiger partial charge >= 0.3 is 0 Å². The quantitative estimate of drug-likeness (QED) is 0.602. The first-order valence-electron chi connectivity index (χ1n) is 9.45. The van der Waals surface area contributed by atoms with Crippen LogP contribution in [-0.2, 0) is 17.6 Å². The third-order valence-corrected chi connectivity index (χ3v) is 6.05. The van der Waals surface area contributed by atoms with Gasteiger partial charge in [0.05, 0.1) is 10.8 Å². The normalized spacial score (nSPS) is 14.6. The summed E-state index contributed by atoms with van der Waals surface area (Å²) in [7, 11) is 0. The maximum atomic E-state index is 12.7. The van der Waals surface area contributed by atoms with Crippen molar-refractivity contribution in [1.82, 2.24) is 4.98 Å². The molecule has 1 aromatic carbocycles. The van der Waals surface area contributed by atoms with Gasteiger partial charge in [0.2, 0.25) is 5.91 Å². The van der Waals surface area contributed by atoms with Crippen molar-refractivity contribution in [2.75, 3.05) is 5.32 Å². The van der Waals surface area contributed by atoms with Crippen molar-refractivity contribution in [3.8, 4) is 6.07 Å². The molecule has 1 heterocycles. The van der Waals surface area contributed by atoms with Crippen LogP contribution in [0.2, 0.25) is 0 Å². The number of pyridine rings is 1. The number of aryl methyl sites for hydroxylation is 4. The van der Waals surface area contributed by atoms with Crippen LogP contribution in [0.1, 0.15) is 54.1 Å². The standard InChI is InChI=1S/C22H25N3OS/c1-14-9-10-15(2)20(11-14)24-21(26)16(3)27-22-18(13-23)12-17-7-5-4-6-8-19(17)25-22/h9-12,16H,4-8H2,1-3H3,(H,24,26). The zero-order valence-electron chi connectivity index (χ0n) is 16.1. The molecule has 1 aromatic heterocycles. The number of amides is 1. The lowest BCUT2D eigenvalue weighted by molar-refractivity contribution is -0.115. The number of nitrogens with zero attached hydrogens (tertiary/aromatic N) is 2. The van der Waals surface area contributed by atoms with E-state index in [9.17, 15) is 10.1 Å². The summed E-state index contributed by atoms with van der Waals surface area (Å²) in [6.45, 7) is 5.85. The van der Waals surface area contributed by atoms with Gasteiger partial charge in [0.1, 0.15) is 11.1 Å². The van der Waals surface area contributed by atoms with E-state index in [4.69, 9.17) is 4.98 Å². The van der Waals surface area contributed by atoms with Crippen LogP contribution in [0.25, 0.3) is 0 Å². The maximum absolute atomic E-state index is 12.7. The summed E-state index contributed by atoms with van der Waals surface area (Å²) in [5.41, 5.74) is 5.84. The molecule has 1 N–H and O–H groups in total. The van der Waals surface area contributed by atoms with E-state index < -0.39 is 0 Å². The Hall–Kier alpha value is -2.32. The molecule has 0 saturated carbocycles. The summed E-state index contributed by atoms with van der Waals surface area (Å²) in [6.07, 6.45) is 5.44. The van der Waals surface area contributed by atoms with E-state index in [1.165, 1.54) is 23.7 Å². The van der Waals surface area contributed by atoms with E-state index in [0.717, 1.165) is 48.2 Å². The van der Waals surface area contributed by atoms with Crippen molar-refractivity contribution < 1.29 is 4.79 Å². The number of nitriles is 1. The van der Waals surface area contributed by atoms with Gasteiger partial charge in [-0.05, 0) is 75.3 Å². The Bertz CT molecular complexity index is 901. The molecule has 0 bridgehead atoms. The molecule has 1 unspecified atom stereocenters. The van der Waals surface area contributed by atoms with Crippen LogP contribution < -0.4 is 5.32 Å². The first-order valence-corrected chi connectivity index (χ1v) is 10.3. The minimum absolute atomic E-state index is 0.0747. The number of carbonyl (C=O) groups is 1. The number of hydrogen-bond acceptors (Lipinski definition) is 4. The second kappa shape index (κ2) is 8.58. The molecule has 0 aliphatic heterocycles. The highest BCUT2D eigenvalue weighted by molar-refractivity contribution is 8.00. The molecule has 0 fully saturated rings. The lowest BCUT2D eigenvalue weighted by Crippen LogP contribution is -2.23. The second-order valence-corrected chi connectivity index (χ2v) is 8.52. The molecule has 0 saturated heterocycles. The van der Waals surface area contributed by atoms with Crippen molar-refractivity contribution in [3.05, 3.63) is 52.2 Å². The number of rotatable bonds is 4. The lowest BCUT2D eigenvalue weighted by Gasteiger charge is -2.15. The number of thioether (sulfide) groups is 1. The van der Waals surface area contributed by atoms with Gasteiger partial charge in [-0.1, -0.05) is 30.3 Å². The van der Waals surface area contributed by atoms with Gasteiger partial charge in [-0.15, -0.1) is 0 Å². The maximum Gasteiger partial charge on any atom is 0.237 e. The van der Waals surface area contributed by atoms with Crippen LogP contribution in [0.4, 0.5) is 5.69 Å². The van der Waals surface area contributed by atoms with Crippen LogP contribution in [0, 0.1) is 25.2 Å². The fourth-order valence-electron chi connectivity index (χ4n) is 3.29. The molecule has 4 nitrogen and oxygen atoms in total. The molecular weight excluding hydrogens is 354 g/mol. The third kappa shape index (κ3) is 4.70. The van der Waals surface area contributed by atoms with Crippen molar-refractivity contribution >= 4 is 23.4 Å². The van der Waals surface area contributed by atoms with Crippen molar-refractivity contribution in [2.45, 2.75) is 63.2 Å². The summed E-state index contributed by atoms with van der Waals surface area (Å²) < 4.78 is 0. The molecule has 27 heavy (non-hydrogen) atoms. The average Bonchev–Trinajstić information content (AvgIpc) is 2.88. The summed E-state index contributed by atoms with van der Waals surface area (Å²) in [5, 5.41) is 12.9. The Kier molecular flexibility index (Phi) is 6.18. The van der Waals surface area contributed by atoms with Crippen molar-refractivity contribution in [3.63, 3.8) is 0 Å². The van der Waals surface area contributed by atoms with Gasteiger partial charge in [-0.2, -0.15) is 5.26 Å². The Morgan fingerprint density at radius 2 is 2.00 bits per heavy atom. The number of nitrogens with one attached hydrogen (secondary N) is 1. The molecule has 3 rings (SSSR count). The molecule has 1 aliphatic carbocycles. The van der Waals surface area contributed by atoms with Crippen LogP contribution in [0.15, 0.2) is 29.3 Å². The van der Waals surface area contributed by atoms with Crippen LogP contribution in [0.3, 0.4) is 0 Å². The fourth-order valence-corrected chi connectivity index (χ4v) is 4.18. The van der Waals surface area contributed by atoms with Gasteiger partial charge in [-0.3, -0.25) is 4.79 Å². The Labute approximate surface area is 165 Å². The molecule has 1 amide bonds. The van der Waals surface area contributed by atoms with Crippen LogP contribution >= 0.6 is 11.8 Å². The summed E-state index contributed by atoms with van der Waals surface area (Å²) in [5.74, 6) is -0.0747. The molecule has 0 spiro atoms. The highest BCUT2D eigenvalue weighted by Gasteiger charge is 2.20. The minimum atomic E-state index is -0.339. The minimum Gasteiger partial charge on any atom is -0.325 e. The molecule has 0 radical (unpaired) electrons. The first kappa shape index (κ1) is 19.4. The van der Waals surface area contributed by atoms with Crippen LogP contribution in [0.5, 0.6) is 0 Å². The van der Waals surface area contributed by atoms with E-state index in [1.54, 1.807) is 0 Å². The van der Waals surface area contributed by atoms with E-state index >= 15 is 0 Å². The Morgan fingerprint density at radius 1 is 1.22 bits per heavy atom. The van der Waals surface area contributed by atoms with E-state index in [0.29, 0.717) is 10.6 Å². The number of anilines is 1. The second-order valence-electron chi connectivity index (χ2n) is 7.19. The zero-order chi connectivity index (χ0) is 19.4. The Balaban J connectivity index is 1.77. The van der Waals surface area contributed by atoms with Gasteiger partial charge in [-0.25, -0.2) is 4.98 Å². The predicted molar refractivity (Wildman–Crippen MR) is 110 cm³/mol. The highest BCUT2D eigenvalue weighted by Crippen LogP contribution is 2.30. The van der Waals surface area contributed by atoms with E-state index in [1.807, 2.05) is 45.0 Å². The number of fused-ring (bicyclic) bond motifs is 1. The van der Waals surface area contributed by atoms with Gasteiger partial charge < -0.3 is 5.32 Å². The molecule has 140 valence electrons. The molecule has 5 heteroatoms. The topological polar surface area (TPSA) is 65.8 Å². The summed E-state index contributed by atoms with van der Waals surface area (Å²) in [6, 6.07) is 10.3. The zero-order valence-corrected chi connectivity index (χ0v) is 16.9. The van der Waals surface area contributed by atoms with Gasteiger partial charge in [0.25, 0.3) is 0 Å². The molecule has 1 aliphatic rings. The van der Waals surface area contributed by atoms with Gasteiger partial charge in [0, 0.05) is 11.4 Å². The number of hydrogen-bond donors (Lipinski definition) is 1. The lowest BCUT2D eigenvalue weighted by atomic mass is 10.1. The van der Waals surface area contributed by atoms with Gasteiger partial charge in [0.15, 0.2) is 0 Å². The predicted octanol–water partition coefficient (Wildman–Crippen LogP) is 4.96. The first-order chi connectivity index (χ1) is 13.0. The molecule has 1 atom stereocenters. The number of carbonyl (C=O) groups excluding carboxylic acids is 1. The largest absolute Gasteiger partial charge is 0.325 e. The van der Waals surface area contributed by atoms with E-state index in [2.05, 4.69) is 11.4 Å². The van der Waals surface area contributed by atoms with Crippen LogP contribution in [-0.4, -0.2) is 16.1 Å². The number of aromatic nitrogens is 1. The monoisotopic (exact) mass is 379 g/mol. The Morgan fingerprint density at radius 3 is 2.78 bits per heavy atom. The summed E-state index contributed by atoms with van der Waals surface area (Å²) >= 11 is 1.37. The highest BCUT2D eigenvalue weighted by atomic mass is 32.2. The van der Waals surface area contributed by atoms with E-state index in [-0.39, 0.29) is 11.2 Å². The van der Waals surface area contributed by atoms with Crippen molar-refractivity contribution in [1.29, 1.82) is 5.26 Å². The molecule has 2 aromatic rings. The smallest absolute Gasteiger partial charge is 0.237 e. The fraction of sp³-hybridized carbons (Fsp3) is 0.409.